The largest absolute Gasteiger partial charge is 0.389 e. The number of hydrogen-bond acceptors (Lipinski definition) is 2. The van der Waals surface area contributed by atoms with Gasteiger partial charge in [-0.15, -0.1) is 0 Å². The van der Waals surface area contributed by atoms with Crippen LogP contribution >= 0.6 is 0 Å². The van der Waals surface area contributed by atoms with Crippen LogP contribution in [0.3, 0.4) is 0 Å². The minimum atomic E-state index is -4.02. The molecule has 1 saturated heterocycles. The molecular weight excluding hydrogens is 241 g/mol. The quantitative estimate of drug-likeness (QED) is 0.692. The molecule has 108 valence electrons. The first-order valence-corrected chi connectivity index (χ1v) is 6.96. The Bertz CT molecular complexity index is 217. The summed E-state index contributed by atoms with van der Waals surface area (Å²) >= 11 is 0. The molecule has 0 aromatic carbocycles. The number of nitrogens with one attached hydrogen (secondary N) is 2. The van der Waals surface area contributed by atoms with Crippen LogP contribution in [0, 0.1) is 5.41 Å². The number of hydrogen-bond donors (Lipinski definition) is 2. The van der Waals surface area contributed by atoms with E-state index < -0.39 is 12.6 Å². The second-order valence-corrected chi connectivity index (χ2v) is 5.40. The zero-order valence-corrected chi connectivity index (χ0v) is 11.2. The van der Waals surface area contributed by atoms with Gasteiger partial charge in [0.15, 0.2) is 0 Å². The second kappa shape index (κ2) is 7.34. The molecule has 1 fully saturated rings. The minimum Gasteiger partial charge on any atom is -0.317 e. The summed E-state index contributed by atoms with van der Waals surface area (Å²) in [6.45, 7) is 5.57. The fraction of sp³-hybridized carbons (Fsp3) is 1.00. The molecule has 0 aromatic heterocycles. The first kappa shape index (κ1) is 15.8. The van der Waals surface area contributed by atoms with Gasteiger partial charge >= 0.3 is 6.18 Å². The molecule has 18 heavy (non-hydrogen) atoms. The monoisotopic (exact) mass is 266 g/mol. The predicted octanol–water partition coefficient (Wildman–Crippen LogP) is 3.09. The normalized spacial score (nSPS) is 20.0. The van der Waals surface area contributed by atoms with Gasteiger partial charge in [0.1, 0.15) is 0 Å². The summed E-state index contributed by atoms with van der Waals surface area (Å²) in [4.78, 5) is 0. The molecule has 0 aromatic rings. The van der Waals surface area contributed by atoms with Crippen LogP contribution < -0.4 is 10.6 Å². The molecule has 1 aliphatic heterocycles. The molecule has 1 aliphatic rings. The number of piperidine rings is 1. The highest BCUT2D eigenvalue weighted by Crippen LogP contribution is 2.33. The SMILES string of the molecule is CCCC1(CNCCCC(F)(F)F)CCNCC1. The Kier molecular flexibility index (Phi) is 6.43. The maximum absolute atomic E-state index is 12.0. The van der Waals surface area contributed by atoms with E-state index in [-0.39, 0.29) is 6.42 Å². The second-order valence-electron chi connectivity index (χ2n) is 5.40. The van der Waals surface area contributed by atoms with Crippen LogP contribution in [0.4, 0.5) is 13.2 Å². The van der Waals surface area contributed by atoms with Crippen molar-refractivity contribution in [3.8, 4) is 0 Å². The van der Waals surface area contributed by atoms with E-state index in [0.717, 1.165) is 38.9 Å². The molecule has 2 nitrogen and oxygen atoms in total. The maximum Gasteiger partial charge on any atom is 0.389 e. The van der Waals surface area contributed by atoms with Gasteiger partial charge in [0, 0.05) is 13.0 Å². The molecule has 1 rings (SSSR count). The lowest BCUT2D eigenvalue weighted by Gasteiger charge is -2.38. The van der Waals surface area contributed by atoms with Crippen LogP contribution in [0.5, 0.6) is 0 Å². The van der Waals surface area contributed by atoms with E-state index in [0.29, 0.717) is 12.0 Å². The number of alkyl halides is 3. The zero-order chi connectivity index (χ0) is 13.5. The van der Waals surface area contributed by atoms with Crippen LogP contribution in [-0.2, 0) is 0 Å². The van der Waals surface area contributed by atoms with Gasteiger partial charge in [0.2, 0.25) is 0 Å². The van der Waals surface area contributed by atoms with E-state index in [9.17, 15) is 13.2 Å². The van der Waals surface area contributed by atoms with Gasteiger partial charge in [-0.05, 0) is 50.7 Å². The third-order valence-electron chi connectivity index (χ3n) is 3.76. The summed E-state index contributed by atoms with van der Waals surface area (Å²) in [6.07, 6.45) is 0.0647. The van der Waals surface area contributed by atoms with Gasteiger partial charge < -0.3 is 10.6 Å². The number of halogens is 3. The van der Waals surface area contributed by atoms with Crippen molar-refractivity contribution < 1.29 is 13.2 Å². The molecule has 2 N–H and O–H groups in total. The summed E-state index contributed by atoms with van der Waals surface area (Å²) in [5, 5.41) is 6.57. The van der Waals surface area contributed by atoms with E-state index >= 15 is 0 Å². The van der Waals surface area contributed by atoms with Crippen molar-refractivity contribution in [1.82, 2.24) is 10.6 Å². The third kappa shape index (κ3) is 6.05. The van der Waals surface area contributed by atoms with Crippen molar-refractivity contribution in [2.24, 2.45) is 5.41 Å². The van der Waals surface area contributed by atoms with Gasteiger partial charge in [0.25, 0.3) is 0 Å². The van der Waals surface area contributed by atoms with Gasteiger partial charge in [-0.25, -0.2) is 0 Å². The third-order valence-corrected chi connectivity index (χ3v) is 3.76. The molecule has 0 aliphatic carbocycles. The van der Waals surface area contributed by atoms with E-state index in [1.165, 1.54) is 6.42 Å². The predicted molar refractivity (Wildman–Crippen MR) is 67.6 cm³/mol. The van der Waals surface area contributed by atoms with Gasteiger partial charge in [-0.3, -0.25) is 0 Å². The summed E-state index contributed by atoms with van der Waals surface area (Å²) in [7, 11) is 0. The Morgan fingerprint density at radius 2 is 1.89 bits per heavy atom. The fourth-order valence-corrected chi connectivity index (χ4v) is 2.77. The van der Waals surface area contributed by atoms with Crippen LogP contribution in [0.1, 0.15) is 45.4 Å². The molecule has 0 amide bonds. The highest BCUT2D eigenvalue weighted by atomic mass is 19.4. The Balaban J connectivity index is 2.21. The Morgan fingerprint density at radius 1 is 1.22 bits per heavy atom. The molecule has 0 radical (unpaired) electrons. The van der Waals surface area contributed by atoms with Crippen LogP contribution in [0.15, 0.2) is 0 Å². The first-order chi connectivity index (χ1) is 8.47. The summed E-state index contributed by atoms with van der Waals surface area (Å²) < 4.78 is 36.0. The van der Waals surface area contributed by atoms with Crippen molar-refractivity contribution in [3.05, 3.63) is 0 Å². The fourth-order valence-electron chi connectivity index (χ4n) is 2.77. The topological polar surface area (TPSA) is 24.1 Å². The van der Waals surface area contributed by atoms with E-state index in [4.69, 9.17) is 0 Å². The lowest BCUT2D eigenvalue weighted by Crippen LogP contribution is -2.43. The zero-order valence-electron chi connectivity index (χ0n) is 11.2. The molecule has 1 heterocycles. The van der Waals surface area contributed by atoms with Crippen LogP contribution in [0.2, 0.25) is 0 Å². The molecule has 0 unspecified atom stereocenters. The summed E-state index contributed by atoms with van der Waals surface area (Å²) in [6, 6.07) is 0. The Labute approximate surface area is 108 Å². The van der Waals surface area contributed by atoms with Gasteiger partial charge in [0.05, 0.1) is 0 Å². The highest BCUT2D eigenvalue weighted by Gasteiger charge is 2.31. The van der Waals surface area contributed by atoms with Crippen molar-refractivity contribution >= 4 is 0 Å². The van der Waals surface area contributed by atoms with Crippen molar-refractivity contribution in [2.75, 3.05) is 26.2 Å². The van der Waals surface area contributed by atoms with Gasteiger partial charge in [-0.2, -0.15) is 13.2 Å². The highest BCUT2D eigenvalue weighted by molar-refractivity contribution is 4.86. The van der Waals surface area contributed by atoms with Crippen molar-refractivity contribution in [1.29, 1.82) is 0 Å². The molecule has 0 bridgehead atoms. The average Bonchev–Trinajstić information content (AvgIpc) is 2.28. The first-order valence-electron chi connectivity index (χ1n) is 6.96. The average molecular weight is 266 g/mol. The van der Waals surface area contributed by atoms with Crippen molar-refractivity contribution in [2.45, 2.75) is 51.6 Å². The Hall–Kier alpha value is -0.290. The van der Waals surface area contributed by atoms with Gasteiger partial charge in [-0.1, -0.05) is 13.3 Å². The van der Waals surface area contributed by atoms with Crippen molar-refractivity contribution in [3.63, 3.8) is 0 Å². The van der Waals surface area contributed by atoms with E-state index in [1.54, 1.807) is 0 Å². The maximum atomic E-state index is 12.0. The van der Waals surface area contributed by atoms with Crippen LogP contribution in [0.25, 0.3) is 0 Å². The lowest BCUT2D eigenvalue weighted by molar-refractivity contribution is -0.135. The minimum absolute atomic E-state index is 0.184. The molecule has 0 atom stereocenters. The number of rotatable bonds is 7. The smallest absolute Gasteiger partial charge is 0.317 e. The summed E-state index contributed by atoms with van der Waals surface area (Å²) in [5.74, 6) is 0. The van der Waals surface area contributed by atoms with E-state index in [1.807, 2.05) is 0 Å². The Morgan fingerprint density at radius 3 is 2.44 bits per heavy atom. The standard InChI is InChI=1S/C13H25F3N2/c1-2-4-12(6-9-17-10-7-12)11-18-8-3-5-13(14,15)16/h17-18H,2-11H2,1H3. The molecule has 5 heteroatoms. The van der Waals surface area contributed by atoms with Crippen LogP contribution in [-0.4, -0.2) is 32.4 Å². The van der Waals surface area contributed by atoms with E-state index in [2.05, 4.69) is 17.6 Å². The lowest BCUT2D eigenvalue weighted by atomic mass is 9.75. The summed E-state index contributed by atoms with van der Waals surface area (Å²) in [5.41, 5.74) is 0.304. The molecule has 0 saturated carbocycles. The molecule has 0 spiro atoms. The molecular formula is C13H25F3N2.